The summed E-state index contributed by atoms with van der Waals surface area (Å²) >= 11 is 0. The van der Waals surface area contributed by atoms with E-state index < -0.39 is 0 Å². The van der Waals surface area contributed by atoms with Crippen LogP contribution in [0.2, 0.25) is 0 Å². The van der Waals surface area contributed by atoms with Crippen molar-refractivity contribution < 1.29 is 23.9 Å². The Balaban J connectivity index is 3.81. The molecule has 0 fully saturated rings. The largest absolute Gasteiger partial charge is 0.461 e. The molecule has 0 bridgehead atoms. The van der Waals surface area contributed by atoms with Gasteiger partial charge in [-0.3, -0.25) is 14.4 Å². The number of amides is 1. The van der Waals surface area contributed by atoms with Gasteiger partial charge in [0.2, 0.25) is 5.91 Å². The smallest absolute Gasteiger partial charge is 0.306 e. The Kier molecular flexibility index (Phi) is 32.2. The van der Waals surface area contributed by atoms with Gasteiger partial charge in [0.1, 0.15) is 13.2 Å². The molecule has 44 heavy (non-hydrogen) atoms. The van der Waals surface area contributed by atoms with Gasteiger partial charge in [0.25, 0.3) is 0 Å². The average molecular weight is 620 g/mol. The minimum atomic E-state index is -0.0906. The lowest BCUT2D eigenvalue weighted by molar-refractivity contribution is -0.143. The summed E-state index contributed by atoms with van der Waals surface area (Å²) in [5.74, 6) is 0.376. The Morgan fingerprint density at radius 3 is 1.39 bits per heavy atom. The van der Waals surface area contributed by atoms with Crippen LogP contribution in [0.15, 0.2) is 24.3 Å². The first-order chi connectivity index (χ1) is 21.5. The highest BCUT2D eigenvalue weighted by Gasteiger charge is 2.10. The Labute approximate surface area is 271 Å². The van der Waals surface area contributed by atoms with Crippen LogP contribution in [0.1, 0.15) is 175 Å². The van der Waals surface area contributed by atoms with E-state index in [-0.39, 0.29) is 17.8 Å². The molecule has 0 saturated heterocycles. The van der Waals surface area contributed by atoms with Gasteiger partial charge in [-0.15, -0.1) is 0 Å². The van der Waals surface area contributed by atoms with E-state index in [0.29, 0.717) is 32.0 Å². The first-order valence-electron chi connectivity index (χ1n) is 18.3. The molecule has 0 atom stereocenters. The quantitative estimate of drug-likeness (QED) is 0.0460. The number of allylic oxidation sites excluding steroid dienone is 2. The number of ether oxygens (including phenoxy) is 2. The lowest BCUT2D eigenvalue weighted by atomic mass is 9.94. The number of esters is 2. The van der Waals surface area contributed by atoms with Crippen molar-refractivity contribution in [2.45, 2.75) is 175 Å². The van der Waals surface area contributed by atoms with Gasteiger partial charge >= 0.3 is 11.9 Å². The maximum Gasteiger partial charge on any atom is 0.306 e. The third-order valence-electron chi connectivity index (χ3n) is 8.09. The summed E-state index contributed by atoms with van der Waals surface area (Å²) in [6.07, 6.45) is 34.5. The van der Waals surface area contributed by atoms with Crippen LogP contribution in [0.5, 0.6) is 0 Å². The van der Waals surface area contributed by atoms with E-state index in [1.807, 2.05) is 12.2 Å². The molecule has 0 aliphatic rings. The van der Waals surface area contributed by atoms with Gasteiger partial charge in [0.05, 0.1) is 0 Å². The number of carbonyl (C=O) groups excluding carboxylic acids is 3. The lowest BCUT2D eigenvalue weighted by Gasteiger charge is -2.17. The highest BCUT2D eigenvalue weighted by molar-refractivity contribution is 5.72. The second kappa shape index (κ2) is 33.8. The second-order valence-electron chi connectivity index (χ2n) is 12.4. The van der Waals surface area contributed by atoms with Crippen molar-refractivity contribution in [1.82, 2.24) is 5.32 Å². The Morgan fingerprint density at radius 2 is 0.955 bits per heavy atom. The summed E-state index contributed by atoms with van der Waals surface area (Å²) in [7, 11) is 0. The molecule has 0 aromatic rings. The fourth-order valence-corrected chi connectivity index (χ4v) is 5.28. The third kappa shape index (κ3) is 32.8. The van der Waals surface area contributed by atoms with Crippen LogP contribution >= 0.6 is 0 Å². The van der Waals surface area contributed by atoms with Gasteiger partial charge in [0, 0.05) is 26.3 Å². The Morgan fingerprint density at radius 1 is 0.545 bits per heavy atom. The molecule has 0 radical (unpaired) electrons. The SMILES string of the molecule is CCCCCC/C=C\COC(=O)CCCCCCCC(CCCCCCCC(=O)OC/C=C\CCCCCC)CNC(C)=O. The highest BCUT2D eigenvalue weighted by atomic mass is 16.5. The van der Waals surface area contributed by atoms with Gasteiger partial charge in [0.15, 0.2) is 0 Å². The Bertz CT molecular complexity index is 681. The molecule has 1 N–H and O–H groups in total. The molecule has 0 aromatic heterocycles. The molecule has 0 aliphatic heterocycles. The van der Waals surface area contributed by atoms with Crippen LogP contribution in [-0.4, -0.2) is 37.6 Å². The first-order valence-corrected chi connectivity index (χ1v) is 18.3. The number of hydrogen-bond donors (Lipinski definition) is 1. The maximum absolute atomic E-state index is 11.9. The number of rotatable bonds is 32. The van der Waals surface area contributed by atoms with Gasteiger partial charge in [-0.1, -0.05) is 128 Å². The predicted molar refractivity (Wildman–Crippen MR) is 185 cm³/mol. The molecule has 6 nitrogen and oxygen atoms in total. The maximum atomic E-state index is 11.9. The number of hydrogen-bond acceptors (Lipinski definition) is 5. The molecule has 0 unspecified atom stereocenters. The third-order valence-corrected chi connectivity index (χ3v) is 8.09. The molecule has 1 amide bonds. The number of unbranched alkanes of at least 4 members (excludes halogenated alkanes) is 16. The van der Waals surface area contributed by atoms with Crippen LogP contribution in [0.3, 0.4) is 0 Å². The number of carbonyl (C=O) groups is 3. The van der Waals surface area contributed by atoms with Gasteiger partial charge < -0.3 is 14.8 Å². The molecule has 0 aliphatic carbocycles. The summed E-state index contributed by atoms with van der Waals surface area (Å²) in [5.41, 5.74) is 0. The monoisotopic (exact) mass is 620 g/mol. The summed E-state index contributed by atoms with van der Waals surface area (Å²) < 4.78 is 10.6. The fraction of sp³-hybridized carbons (Fsp3) is 0.816. The molecule has 0 aromatic carbocycles. The second-order valence-corrected chi connectivity index (χ2v) is 12.4. The van der Waals surface area contributed by atoms with Crippen LogP contribution in [0, 0.1) is 5.92 Å². The van der Waals surface area contributed by atoms with Crippen molar-refractivity contribution in [1.29, 1.82) is 0 Å². The molecule has 0 spiro atoms. The predicted octanol–water partition coefficient (Wildman–Crippen LogP) is 10.3. The van der Waals surface area contributed by atoms with E-state index >= 15 is 0 Å². The van der Waals surface area contributed by atoms with E-state index in [9.17, 15) is 14.4 Å². The molecule has 0 heterocycles. The molecular formula is C38H69NO5. The van der Waals surface area contributed by atoms with Gasteiger partial charge in [-0.25, -0.2) is 0 Å². The zero-order chi connectivity index (χ0) is 32.4. The zero-order valence-corrected chi connectivity index (χ0v) is 29.0. The number of nitrogens with one attached hydrogen (secondary N) is 1. The molecule has 6 heteroatoms. The highest BCUT2D eigenvalue weighted by Crippen LogP contribution is 2.19. The lowest BCUT2D eigenvalue weighted by Crippen LogP contribution is -2.27. The van der Waals surface area contributed by atoms with Crippen molar-refractivity contribution in [3.8, 4) is 0 Å². The van der Waals surface area contributed by atoms with Crippen molar-refractivity contribution in [2.24, 2.45) is 5.92 Å². The van der Waals surface area contributed by atoms with Gasteiger partial charge in [-0.05, 0) is 57.3 Å². The average Bonchev–Trinajstić information content (AvgIpc) is 3.00. The van der Waals surface area contributed by atoms with Crippen LogP contribution in [0.25, 0.3) is 0 Å². The summed E-state index contributed by atoms with van der Waals surface area (Å²) in [6.45, 7) is 7.57. The topological polar surface area (TPSA) is 81.7 Å². The van der Waals surface area contributed by atoms with E-state index in [0.717, 1.165) is 96.4 Å². The normalized spacial score (nSPS) is 11.5. The Hall–Kier alpha value is -2.11. The van der Waals surface area contributed by atoms with Crippen molar-refractivity contribution in [3.63, 3.8) is 0 Å². The van der Waals surface area contributed by atoms with E-state index in [1.54, 1.807) is 6.92 Å². The molecular weight excluding hydrogens is 550 g/mol. The summed E-state index contributed by atoms with van der Waals surface area (Å²) in [6, 6.07) is 0. The standard InChI is InChI=1S/C38H69NO5/c1-4-6-8-10-12-20-26-32-43-37(41)30-24-18-14-16-22-28-36(34-39-35(3)40)29-23-17-15-19-25-31-38(42)44-33-27-21-13-11-9-7-5-2/h20-21,26-27,36H,4-19,22-25,28-34H2,1-3H3,(H,39,40)/b26-20-,27-21-. The van der Waals surface area contributed by atoms with Crippen molar-refractivity contribution in [3.05, 3.63) is 24.3 Å². The van der Waals surface area contributed by atoms with Crippen LogP contribution in [-0.2, 0) is 23.9 Å². The van der Waals surface area contributed by atoms with Crippen LogP contribution in [0.4, 0.5) is 0 Å². The van der Waals surface area contributed by atoms with E-state index in [4.69, 9.17) is 9.47 Å². The minimum absolute atomic E-state index is 0.0405. The summed E-state index contributed by atoms with van der Waals surface area (Å²) in [5, 5.41) is 3.01. The minimum Gasteiger partial charge on any atom is -0.461 e. The fourth-order valence-electron chi connectivity index (χ4n) is 5.28. The van der Waals surface area contributed by atoms with Gasteiger partial charge in [-0.2, -0.15) is 0 Å². The van der Waals surface area contributed by atoms with Crippen molar-refractivity contribution >= 4 is 17.8 Å². The van der Waals surface area contributed by atoms with Crippen LogP contribution < -0.4 is 5.32 Å². The first kappa shape index (κ1) is 41.9. The molecule has 256 valence electrons. The summed E-state index contributed by atoms with van der Waals surface area (Å²) in [4.78, 5) is 35.3. The molecule has 0 rings (SSSR count). The van der Waals surface area contributed by atoms with E-state index in [2.05, 4.69) is 31.3 Å². The molecule has 0 saturated carbocycles. The van der Waals surface area contributed by atoms with Crippen molar-refractivity contribution in [2.75, 3.05) is 19.8 Å². The zero-order valence-electron chi connectivity index (χ0n) is 29.0. The van der Waals surface area contributed by atoms with E-state index in [1.165, 1.54) is 51.4 Å².